The standard InChI is InChI=1S/C15H23OP/c1-4-7-12-10-11-15(17-16)14(9-6-3)13(12)8-5-2/h10-11H,4-9H2,1-3H3. The van der Waals surface area contributed by atoms with Crippen molar-refractivity contribution in [2.45, 2.75) is 59.3 Å². The summed E-state index contributed by atoms with van der Waals surface area (Å²) in [6, 6.07) is 4.22. The van der Waals surface area contributed by atoms with Gasteiger partial charge in [0, 0.05) is 5.30 Å². The highest BCUT2D eigenvalue weighted by Crippen LogP contribution is 2.21. The highest BCUT2D eigenvalue weighted by atomic mass is 31.1. The molecule has 0 aliphatic rings. The van der Waals surface area contributed by atoms with Gasteiger partial charge in [-0.1, -0.05) is 46.1 Å². The van der Waals surface area contributed by atoms with E-state index in [0.717, 1.165) is 37.4 Å². The number of aryl methyl sites for hydroxylation is 1. The molecular weight excluding hydrogens is 227 g/mol. The highest BCUT2D eigenvalue weighted by Gasteiger charge is 2.11. The maximum absolute atomic E-state index is 11.2. The SMILES string of the molecule is CCCc1ccc(P=O)c(CCC)c1CCC. The Morgan fingerprint density at radius 3 is 2.00 bits per heavy atom. The summed E-state index contributed by atoms with van der Waals surface area (Å²) in [7, 11) is 0.170. The van der Waals surface area contributed by atoms with E-state index in [2.05, 4.69) is 26.8 Å². The Balaban J connectivity index is 3.24. The zero-order valence-corrected chi connectivity index (χ0v) is 12.1. The average Bonchev–Trinajstić information content (AvgIpc) is 2.34. The third-order valence-corrected chi connectivity index (χ3v) is 3.74. The summed E-state index contributed by atoms with van der Waals surface area (Å²) in [5.74, 6) is 0. The zero-order valence-electron chi connectivity index (χ0n) is 11.3. The van der Waals surface area contributed by atoms with Crippen LogP contribution < -0.4 is 5.30 Å². The summed E-state index contributed by atoms with van der Waals surface area (Å²) in [6.45, 7) is 6.62. The second-order valence-electron chi connectivity index (χ2n) is 4.54. The first-order chi connectivity index (χ1) is 8.28. The Kier molecular flexibility index (Phi) is 6.44. The maximum atomic E-state index is 11.2. The lowest BCUT2D eigenvalue weighted by Gasteiger charge is -2.15. The van der Waals surface area contributed by atoms with Crippen LogP contribution in [0, 0.1) is 0 Å². The monoisotopic (exact) mass is 250 g/mol. The normalized spacial score (nSPS) is 11.0. The second-order valence-corrected chi connectivity index (χ2v) is 5.21. The average molecular weight is 250 g/mol. The van der Waals surface area contributed by atoms with Crippen LogP contribution in [0.25, 0.3) is 0 Å². The van der Waals surface area contributed by atoms with Crippen molar-refractivity contribution in [2.75, 3.05) is 0 Å². The van der Waals surface area contributed by atoms with Gasteiger partial charge in [-0.3, -0.25) is 4.57 Å². The molecule has 0 heterocycles. The summed E-state index contributed by atoms with van der Waals surface area (Å²) >= 11 is 0. The summed E-state index contributed by atoms with van der Waals surface area (Å²) in [6.07, 6.45) is 6.77. The predicted octanol–water partition coefficient (Wildman–Crippen LogP) is 4.46. The van der Waals surface area contributed by atoms with Gasteiger partial charge in [-0.15, -0.1) is 0 Å². The van der Waals surface area contributed by atoms with Crippen LogP contribution in [0.1, 0.15) is 56.7 Å². The Morgan fingerprint density at radius 1 is 0.882 bits per heavy atom. The molecule has 0 fully saturated rings. The van der Waals surface area contributed by atoms with Gasteiger partial charge < -0.3 is 0 Å². The maximum Gasteiger partial charge on any atom is 0.192 e. The van der Waals surface area contributed by atoms with Gasteiger partial charge in [0.25, 0.3) is 0 Å². The van der Waals surface area contributed by atoms with Gasteiger partial charge in [-0.05, 0) is 42.0 Å². The Morgan fingerprint density at radius 2 is 1.47 bits per heavy atom. The van der Waals surface area contributed by atoms with Crippen LogP contribution in [0.5, 0.6) is 0 Å². The summed E-state index contributed by atoms with van der Waals surface area (Å²) in [5.41, 5.74) is 4.28. The molecule has 94 valence electrons. The Bertz CT molecular complexity index is 371. The van der Waals surface area contributed by atoms with Gasteiger partial charge in [0.1, 0.15) is 0 Å². The van der Waals surface area contributed by atoms with Gasteiger partial charge >= 0.3 is 0 Å². The molecule has 0 N–H and O–H groups in total. The Hall–Kier alpha value is -0.680. The first kappa shape index (κ1) is 14.4. The van der Waals surface area contributed by atoms with Crippen LogP contribution in [0.2, 0.25) is 0 Å². The minimum Gasteiger partial charge on any atom is -0.269 e. The van der Waals surface area contributed by atoms with E-state index in [-0.39, 0.29) is 8.46 Å². The molecule has 0 amide bonds. The van der Waals surface area contributed by atoms with Gasteiger partial charge in [-0.25, -0.2) is 0 Å². The largest absolute Gasteiger partial charge is 0.269 e. The van der Waals surface area contributed by atoms with E-state index in [4.69, 9.17) is 0 Å². The molecule has 0 aliphatic carbocycles. The van der Waals surface area contributed by atoms with E-state index < -0.39 is 0 Å². The van der Waals surface area contributed by atoms with Crippen LogP contribution >= 0.6 is 8.46 Å². The molecule has 1 nitrogen and oxygen atoms in total. The number of rotatable bonds is 7. The topological polar surface area (TPSA) is 17.1 Å². The quantitative estimate of drug-likeness (QED) is 0.653. The molecule has 0 spiro atoms. The molecule has 0 atom stereocenters. The summed E-state index contributed by atoms with van der Waals surface area (Å²) in [5, 5.41) is 0.996. The van der Waals surface area contributed by atoms with Crippen LogP contribution in [-0.2, 0) is 23.8 Å². The first-order valence-corrected chi connectivity index (χ1v) is 7.56. The van der Waals surface area contributed by atoms with Crippen LogP contribution in [0.3, 0.4) is 0 Å². The van der Waals surface area contributed by atoms with Gasteiger partial charge in [0.05, 0.1) is 0 Å². The smallest absolute Gasteiger partial charge is 0.192 e. The van der Waals surface area contributed by atoms with Gasteiger partial charge in [0.2, 0.25) is 0 Å². The lowest BCUT2D eigenvalue weighted by molar-refractivity contribution is 0.603. The van der Waals surface area contributed by atoms with E-state index in [1.165, 1.54) is 23.1 Å². The lowest BCUT2D eigenvalue weighted by Crippen LogP contribution is -2.10. The Labute approximate surface area is 107 Å². The van der Waals surface area contributed by atoms with Gasteiger partial charge in [0.15, 0.2) is 8.46 Å². The molecule has 1 rings (SSSR count). The van der Waals surface area contributed by atoms with E-state index in [1.807, 2.05) is 6.07 Å². The molecule has 0 bridgehead atoms. The lowest BCUT2D eigenvalue weighted by atomic mass is 9.92. The highest BCUT2D eigenvalue weighted by molar-refractivity contribution is 7.34. The van der Waals surface area contributed by atoms with Crippen molar-refractivity contribution in [3.8, 4) is 0 Å². The molecule has 1 aromatic rings. The number of hydrogen-bond donors (Lipinski definition) is 0. The third-order valence-electron chi connectivity index (χ3n) is 3.12. The summed E-state index contributed by atoms with van der Waals surface area (Å²) in [4.78, 5) is 0. The molecule has 1 aromatic carbocycles. The van der Waals surface area contributed by atoms with E-state index in [0.29, 0.717) is 0 Å². The third kappa shape index (κ3) is 3.64. The van der Waals surface area contributed by atoms with E-state index >= 15 is 0 Å². The van der Waals surface area contributed by atoms with Crippen molar-refractivity contribution < 1.29 is 4.57 Å². The molecule has 0 saturated heterocycles. The minimum absolute atomic E-state index is 0.170. The predicted molar refractivity (Wildman–Crippen MR) is 75.7 cm³/mol. The van der Waals surface area contributed by atoms with E-state index in [1.54, 1.807) is 0 Å². The fourth-order valence-electron chi connectivity index (χ4n) is 2.41. The van der Waals surface area contributed by atoms with Crippen molar-refractivity contribution in [2.24, 2.45) is 0 Å². The summed E-state index contributed by atoms with van der Waals surface area (Å²) < 4.78 is 11.2. The molecule has 17 heavy (non-hydrogen) atoms. The van der Waals surface area contributed by atoms with Crippen LogP contribution in [0.4, 0.5) is 0 Å². The minimum atomic E-state index is 0.170. The fourth-order valence-corrected chi connectivity index (χ4v) is 2.90. The first-order valence-electron chi connectivity index (χ1n) is 6.75. The molecule has 0 unspecified atom stereocenters. The van der Waals surface area contributed by atoms with Crippen molar-refractivity contribution in [1.29, 1.82) is 0 Å². The molecule has 2 heteroatoms. The molecular formula is C15H23OP. The van der Waals surface area contributed by atoms with Gasteiger partial charge in [-0.2, -0.15) is 0 Å². The number of hydrogen-bond acceptors (Lipinski definition) is 1. The second kappa shape index (κ2) is 7.61. The van der Waals surface area contributed by atoms with Crippen molar-refractivity contribution in [3.05, 3.63) is 28.8 Å². The number of benzene rings is 1. The zero-order chi connectivity index (χ0) is 12.7. The van der Waals surface area contributed by atoms with Crippen LogP contribution in [0.15, 0.2) is 12.1 Å². The molecule has 0 saturated carbocycles. The molecule has 0 radical (unpaired) electrons. The van der Waals surface area contributed by atoms with Crippen molar-refractivity contribution in [1.82, 2.24) is 0 Å². The van der Waals surface area contributed by atoms with Crippen molar-refractivity contribution in [3.63, 3.8) is 0 Å². The fraction of sp³-hybridized carbons (Fsp3) is 0.600. The van der Waals surface area contributed by atoms with E-state index in [9.17, 15) is 4.57 Å². The molecule has 0 aliphatic heterocycles. The van der Waals surface area contributed by atoms with Crippen molar-refractivity contribution >= 4 is 13.8 Å². The molecule has 0 aromatic heterocycles. The van der Waals surface area contributed by atoms with Crippen LogP contribution in [-0.4, -0.2) is 0 Å².